The zero-order valence-electron chi connectivity index (χ0n) is 19.2. The molecule has 168 valence electrons. The molecule has 0 fully saturated rings. The fraction of sp³-hybridized carbons (Fsp3) is 0.346. The predicted octanol–water partition coefficient (Wildman–Crippen LogP) is 5.00. The molecule has 32 heavy (non-hydrogen) atoms. The molecule has 0 radical (unpaired) electrons. The van der Waals surface area contributed by atoms with Crippen LogP contribution in [0.1, 0.15) is 50.8 Å². The monoisotopic (exact) mass is 435 g/mol. The van der Waals surface area contributed by atoms with Crippen LogP contribution in [0.5, 0.6) is 11.5 Å². The number of hydrogen-bond acceptors (Lipinski definition) is 6. The van der Waals surface area contributed by atoms with Crippen LogP contribution in [0.3, 0.4) is 0 Å². The molecule has 6 nitrogen and oxygen atoms in total. The van der Waals surface area contributed by atoms with Gasteiger partial charge in [0.1, 0.15) is 11.6 Å². The summed E-state index contributed by atoms with van der Waals surface area (Å²) < 4.78 is 15.6. The second kappa shape index (κ2) is 11.1. The Bertz CT molecular complexity index is 1020. The van der Waals surface area contributed by atoms with Gasteiger partial charge in [-0.3, -0.25) is 4.79 Å². The number of esters is 2. The minimum atomic E-state index is -0.694. The Morgan fingerprint density at radius 1 is 1.06 bits per heavy atom. The Balaban J connectivity index is 2.05. The largest absolute Gasteiger partial charge is 0.493 e. The standard InChI is InChI=1S/C26H29NO5/c1-6-31-25(29)20(17-27)15-19-9-13-22(23(16-19)30-5)32-24(28)14-10-18-7-11-21(12-8-18)26(2,3)4/h7-9,11-13,15-16H,6,10,14H2,1-5H3/b20-15+. The molecule has 0 spiro atoms. The number of methoxy groups -OCH3 is 1. The third-order valence-corrected chi connectivity index (χ3v) is 4.78. The average molecular weight is 436 g/mol. The van der Waals surface area contributed by atoms with Crippen LogP contribution in [0.15, 0.2) is 48.0 Å². The van der Waals surface area contributed by atoms with Crippen molar-refractivity contribution in [3.8, 4) is 17.6 Å². The van der Waals surface area contributed by atoms with E-state index in [0.29, 0.717) is 17.7 Å². The first-order valence-electron chi connectivity index (χ1n) is 10.4. The predicted molar refractivity (Wildman–Crippen MR) is 122 cm³/mol. The lowest BCUT2D eigenvalue weighted by Crippen LogP contribution is -2.11. The third kappa shape index (κ3) is 6.98. The number of nitrogens with zero attached hydrogens (tertiary/aromatic N) is 1. The maximum atomic E-state index is 12.4. The first kappa shape index (κ1) is 24.7. The molecule has 0 unspecified atom stereocenters. The van der Waals surface area contributed by atoms with E-state index in [1.165, 1.54) is 18.7 Å². The molecule has 0 heterocycles. The van der Waals surface area contributed by atoms with Crippen molar-refractivity contribution >= 4 is 18.0 Å². The summed E-state index contributed by atoms with van der Waals surface area (Å²) >= 11 is 0. The van der Waals surface area contributed by atoms with Gasteiger partial charge in [0.05, 0.1) is 13.7 Å². The summed E-state index contributed by atoms with van der Waals surface area (Å²) in [5.74, 6) is -0.481. The normalized spacial score (nSPS) is 11.4. The zero-order chi connectivity index (χ0) is 23.7. The lowest BCUT2D eigenvalue weighted by Gasteiger charge is -2.19. The molecule has 0 aromatic heterocycles. The molecule has 6 heteroatoms. The van der Waals surface area contributed by atoms with Crippen molar-refractivity contribution < 1.29 is 23.8 Å². The molecule has 0 saturated heterocycles. The second-order valence-electron chi connectivity index (χ2n) is 8.22. The first-order chi connectivity index (χ1) is 15.2. The SMILES string of the molecule is CCOC(=O)/C(C#N)=C/c1ccc(OC(=O)CCc2ccc(C(C)(C)C)cc2)c(OC)c1. The molecule has 0 aliphatic carbocycles. The number of nitriles is 1. The molecule has 0 saturated carbocycles. The minimum Gasteiger partial charge on any atom is -0.493 e. The molecule has 0 aliphatic heterocycles. The summed E-state index contributed by atoms with van der Waals surface area (Å²) in [6.07, 6.45) is 2.19. The molecule has 0 bridgehead atoms. The maximum Gasteiger partial charge on any atom is 0.348 e. The average Bonchev–Trinajstić information content (AvgIpc) is 2.76. The van der Waals surface area contributed by atoms with Crippen molar-refractivity contribution in [2.24, 2.45) is 0 Å². The van der Waals surface area contributed by atoms with Crippen molar-refractivity contribution in [2.75, 3.05) is 13.7 Å². The Kier molecular flexibility index (Phi) is 8.60. The highest BCUT2D eigenvalue weighted by Crippen LogP contribution is 2.29. The van der Waals surface area contributed by atoms with E-state index in [4.69, 9.17) is 14.2 Å². The number of ether oxygens (including phenoxy) is 3. The summed E-state index contributed by atoms with van der Waals surface area (Å²) in [5.41, 5.74) is 2.80. The molecule has 0 amide bonds. The molecule has 2 aromatic carbocycles. The molecular weight excluding hydrogens is 406 g/mol. The van der Waals surface area contributed by atoms with Crippen molar-refractivity contribution in [3.05, 3.63) is 64.7 Å². The van der Waals surface area contributed by atoms with Crippen molar-refractivity contribution in [1.29, 1.82) is 5.26 Å². The van der Waals surface area contributed by atoms with E-state index in [9.17, 15) is 14.9 Å². The van der Waals surface area contributed by atoms with Gasteiger partial charge in [-0.05, 0) is 53.7 Å². The van der Waals surface area contributed by atoms with Gasteiger partial charge in [0.2, 0.25) is 0 Å². The van der Waals surface area contributed by atoms with Gasteiger partial charge in [-0.1, -0.05) is 51.1 Å². The van der Waals surface area contributed by atoms with Gasteiger partial charge >= 0.3 is 11.9 Å². The van der Waals surface area contributed by atoms with Crippen LogP contribution in [-0.2, 0) is 26.2 Å². The van der Waals surface area contributed by atoms with Gasteiger partial charge in [-0.25, -0.2) is 4.79 Å². The Morgan fingerprint density at radius 2 is 1.75 bits per heavy atom. The highest BCUT2D eigenvalue weighted by Gasteiger charge is 2.15. The van der Waals surface area contributed by atoms with Crippen molar-refractivity contribution in [3.63, 3.8) is 0 Å². The molecule has 0 N–H and O–H groups in total. The van der Waals surface area contributed by atoms with Gasteiger partial charge in [-0.2, -0.15) is 5.26 Å². The second-order valence-corrected chi connectivity index (χ2v) is 8.22. The van der Waals surface area contributed by atoms with Gasteiger partial charge in [0.15, 0.2) is 11.5 Å². The molecular formula is C26H29NO5. The molecule has 0 aliphatic rings. The number of rotatable bonds is 8. The van der Waals surface area contributed by atoms with E-state index >= 15 is 0 Å². The highest BCUT2D eigenvalue weighted by molar-refractivity contribution is 5.98. The summed E-state index contributed by atoms with van der Waals surface area (Å²) in [6.45, 7) is 8.32. The Hall–Kier alpha value is -3.59. The third-order valence-electron chi connectivity index (χ3n) is 4.78. The summed E-state index contributed by atoms with van der Waals surface area (Å²) in [4.78, 5) is 24.1. The van der Waals surface area contributed by atoms with Crippen LogP contribution in [0.25, 0.3) is 6.08 Å². The number of carbonyl (C=O) groups is 2. The van der Waals surface area contributed by atoms with E-state index in [0.717, 1.165) is 5.56 Å². The summed E-state index contributed by atoms with van der Waals surface area (Å²) in [6, 6.07) is 14.9. The smallest absolute Gasteiger partial charge is 0.348 e. The number of hydrogen-bond donors (Lipinski definition) is 0. The van der Waals surface area contributed by atoms with E-state index in [-0.39, 0.29) is 35.7 Å². The van der Waals surface area contributed by atoms with E-state index < -0.39 is 5.97 Å². The van der Waals surface area contributed by atoms with Crippen molar-refractivity contribution in [1.82, 2.24) is 0 Å². The zero-order valence-corrected chi connectivity index (χ0v) is 19.2. The van der Waals surface area contributed by atoms with Crippen molar-refractivity contribution in [2.45, 2.75) is 46.0 Å². The fourth-order valence-corrected chi connectivity index (χ4v) is 2.96. The molecule has 2 rings (SSSR count). The maximum absolute atomic E-state index is 12.4. The number of aryl methyl sites for hydroxylation is 1. The Morgan fingerprint density at radius 3 is 2.31 bits per heavy atom. The fourth-order valence-electron chi connectivity index (χ4n) is 2.96. The highest BCUT2D eigenvalue weighted by atomic mass is 16.6. The van der Waals surface area contributed by atoms with Gasteiger partial charge in [0, 0.05) is 6.42 Å². The Labute approximate surface area is 189 Å². The minimum absolute atomic E-state index is 0.0830. The van der Waals surface area contributed by atoms with Crippen LogP contribution in [-0.4, -0.2) is 25.7 Å². The lowest BCUT2D eigenvalue weighted by atomic mass is 9.86. The van der Waals surface area contributed by atoms with Gasteiger partial charge in [0.25, 0.3) is 0 Å². The topological polar surface area (TPSA) is 85.6 Å². The molecule has 2 aromatic rings. The van der Waals surface area contributed by atoms with Gasteiger partial charge < -0.3 is 14.2 Å². The lowest BCUT2D eigenvalue weighted by molar-refractivity contribution is -0.138. The van der Waals surface area contributed by atoms with E-state index in [2.05, 4.69) is 32.9 Å². The van der Waals surface area contributed by atoms with E-state index in [1.54, 1.807) is 25.1 Å². The summed E-state index contributed by atoms with van der Waals surface area (Å²) in [5, 5.41) is 9.17. The number of carbonyl (C=O) groups excluding carboxylic acids is 2. The van der Waals surface area contributed by atoms with Crippen LogP contribution >= 0.6 is 0 Å². The first-order valence-corrected chi connectivity index (χ1v) is 10.4. The number of benzene rings is 2. The van der Waals surface area contributed by atoms with Crippen LogP contribution in [0, 0.1) is 11.3 Å². The quantitative estimate of drug-likeness (QED) is 0.251. The van der Waals surface area contributed by atoms with E-state index in [1.807, 2.05) is 18.2 Å². The van der Waals surface area contributed by atoms with Crippen LogP contribution < -0.4 is 9.47 Å². The van der Waals surface area contributed by atoms with Crippen LogP contribution in [0.2, 0.25) is 0 Å². The molecule has 0 atom stereocenters. The van der Waals surface area contributed by atoms with Gasteiger partial charge in [-0.15, -0.1) is 0 Å². The van der Waals surface area contributed by atoms with Crippen LogP contribution in [0.4, 0.5) is 0 Å². The summed E-state index contributed by atoms with van der Waals surface area (Å²) in [7, 11) is 1.45.